The lowest BCUT2D eigenvalue weighted by Crippen LogP contribution is -2.30. The zero-order valence-electron chi connectivity index (χ0n) is 21.0. The minimum Gasteiger partial charge on any atom is -0.496 e. The predicted octanol–water partition coefficient (Wildman–Crippen LogP) is 6.73. The van der Waals surface area contributed by atoms with E-state index in [2.05, 4.69) is 10.6 Å². The Bertz CT molecular complexity index is 1500. The number of carbonyl (C=O) groups is 3. The third-order valence-electron chi connectivity index (χ3n) is 5.58. The van der Waals surface area contributed by atoms with Crippen LogP contribution in [0.2, 0.25) is 5.02 Å². The highest BCUT2D eigenvalue weighted by Gasteiger charge is 2.16. The third-order valence-corrected chi connectivity index (χ3v) is 6.83. The highest BCUT2D eigenvalue weighted by Crippen LogP contribution is 2.25. The van der Waals surface area contributed by atoms with Gasteiger partial charge in [0, 0.05) is 21.2 Å². The molecule has 196 valence electrons. The Hall–Kier alpha value is -4.33. The number of Topliss-reactive ketones (excluding diaryl/α,β-unsaturated/α-hetero) is 1. The van der Waals surface area contributed by atoms with Crippen molar-refractivity contribution in [3.63, 3.8) is 0 Å². The summed E-state index contributed by atoms with van der Waals surface area (Å²) >= 11 is 7.49. The van der Waals surface area contributed by atoms with E-state index in [-0.39, 0.29) is 17.2 Å². The summed E-state index contributed by atoms with van der Waals surface area (Å²) in [4.78, 5) is 39.5. The van der Waals surface area contributed by atoms with Gasteiger partial charge >= 0.3 is 0 Å². The number of rotatable bonds is 10. The first kappa shape index (κ1) is 27.7. The molecule has 0 atom stereocenters. The standard InChI is InChI=1S/C31H25ClN2O4S/c1-38-29-13-6-5-12-26(29)28(35)20-39-25-16-14-24(15-17-25)33-31(37)27(19-21-8-7-11-23(32)18-21)34-30(36)22-9-3-2-4-10-22/h2-19H,20H2,1H3,(H,33,37)(H,34,36)/b27-19-. The lowest BCUT2D eigenvalue weighted by Gasteiger charge is -2.12. The fraction of sp³-hybridized carbons (Fsp3) is 0.0645. The molecule has 2 amide bonds. The third kappa shape index (κ3) is 7.83. The van der Waals surface area contributed by atoms with E-state index >= 15 is 0 Å². The number of hydrogen-bond donors (Lipinski definition) is 2. The number of ketones is 1. The van der Waals surface area contributed by atoms with Crippen molar-refractivity contribution in [2.24, 2.45) is 0 Å². The molecule has 0 fully saturated rings. The maximum absolute atomic E-state index is 13.2. The van der Waals surface area contributed by atoms with E-state index in [1.165, 1.54) is 18.9 Å². The number of halogens is 1. The van der Waals surface area contributed by atoms with Gasteiger partial charge in [0.05, 0.1) is 18.4 Å². The van der Waals surface area contributed by atoms with Gasteiger partial charge in [-0.1, -0.05) is 54.1 Å². The molecular weight excluding hydrogens is 532 g/mol. The van der Waals surface area contributed by atoms with Crippen LogP contribution in [0, 0.1) is 0 Å². The smallest absolute Gasteiger partial charge is 0.272 e. The van der Waals surface area contributed by atoms with E-state index in [1.54, 1.807) is 84.9 Å². The summed E-state index contributed by atoms with van der Waals surface area (Å²) in [7, 11) is 1.54. The molecule has 4 aromatic carbocycles. The average molecular weight is 557 g/mol. The fourth-order valence-electron chi connectivity index (χ4n) is 3.64. The molecule has 0 unspecified atom stereocenters. The second-order valence-electron chi connectivity index (χ2n) is 8.32. The molecule has 6 nitrogen and oxygen atoms in total. The van der Waals surface area contributed by atoms with Crippen LogP contribution in [-0.4, -0.2) is 30.5 Å². The van der Waals surface area contributed by atoms with Gasteiger partial charge in [-0.15, -0.1) is 11.8 Å². The Morgan fingerprint density at radius 2 is 1.59 bits per heavy atom. The number of hydrogen-bond acceptors (Lipinski definition) is 5. The number of methoxy groups -OCH3 is 1. The maximum Gasteiger partial charge on any atom is 0.272 e. The van der Waals surface area contributed by atoms with Crippen molar-refractivity contribution in [1.82, 2.24) is 5.32 Å². The minimum absolute atomic E-state index is 0.0419. The van der Waals surface area contributed by atoms with Crippen molar-refractivity contribution in [2.45, 2.75) is 4.90 Å². The molecule has 0 saturated carbocycles. The fourth-order valence-corrected chi connectivity index (χ4v) is 4.62. The number of thioether (sulfide) groups is 1. The normalized spacial score (nSPS) is 11.0. The number of carbonyl (C=O) groups excluding carboxylic acids is 3. The van der Waals surface area contributed by atoms with Crippen molar-refractivity contribution in [3.05, 3.63) is 131 Å². The summed E-state index contributed by atoms with van der Waals surface area (Å²) in [5, 5.41) is 6.03. The van der Waals surface area contributed by atoms with Gasteiger partial charge in [0.2, 0.25) is 0 Å². The van der Waals surface area contributed by atoms with Crippen molar-refractivity contribution < 1.29 is 19.1 Å². The quantitative estimate of drug-likeness (QED) is 0.128. The molecule has 0 bridgehead atoms. The molecule has 0 spiro atoms. The van der Waals surface area contributed by atoms with Crippen LogP contribution in [0.1, 0.15) is 26.3 Å². The molecule has 0 radical (unpaired) electrons. The van der Waals surface area contributed by atoms with E-state index in [0.29, 0.717) is 33.1 Å². The Morgan fingerprint density at radius 3 is 2.31 bits per heavy atom. The SMILES string of the molecule is COc1ccccc1C(=O)CSc1ccc(NC(=O)/C(=C/c2cccc(Cl)c2)NC(=O)c2ccccc2)cc1. The van der Waals surface area contributed by atoms with E-state index in [9.17, 15) is 14.4 Å². The highest BCUT2D eigenvalue weighted by molar-refractivity contribution is 8.00. The van der Waals surface area contributed by atoms with Crippen LogP contribution in [0.3, 0.4) is 0 Å². The summed E-state index contributed by atoms with van der Waals surface area (Å²) in [6, 6.07) is 29.8. The summed E-state index contributed by atoms with van der Waals surface area (Å²) in [5.41, 5.74) is 2.21. The van der Waals surface area contributed by atoms with Crippen LogP contribution in [0.5, 0.6) is 5.75 Å². The zero-order chi connectivity index (χ0) is 27.6. The Balaban J connectivity index is 1.44. The van der Waals surface area contributed by atoms with Crippen LogP contribution in [0.25, 0.3) is 6.08 Å². The molecule has 39 heavy (non-hydrogen) atoms. The maximum atomic E-state index is 13.2. The monoisotopic (exact) mass is 556 g/mol. The molecule has 0 aromatic heterocycles. The number of anilines is 1. The van der Waals surface area contributed by atoms with Gasteiger partial charge in [0.1, 0.15) is 11.4 Å². The van der Waals surface area contributed by atoms with E-state index in [1.807, 2.05) is 24.3 Å². The topological polar surface area (TPSA) is 84.5 Å². The van der Waals surface area contributed by atoms with Gasteiger partial charge in [0.15, 0.2) is 5.78 Å². The largest absolute Gasteiger partial charge is 0.496 e. The number of ether oxygens (including phenoxy) is 1. The molecule has 0 heterocycles. The van der Waals surface area contributed by atoms with Gasteiger partial charge in [-0.25, -0.2) is 0 Å². The van der Waals surface area contributed by atoms with Crippen LogP contribution >= 0.6 is 23.4 Å². The number of amides is 2. The second kappa shape index (κ2) is 13.5. The summed E-state index contributed by atoms with van der Waals surface area (Å²) in [5.74, 6) is -0.164. The summed E-state index contributed by atoms with van der Waals surface area (Å²) in [6.07, 6.45) is 1.57. The lowest BCUT2D eigenvalue weighted by molar-refractivity contribution is -0.113. The van der Waals surface area contributed by atoms with Crippen molar-refractivity contribution in [2.75, 3.05) is 18.2 Å². The van der Waals surface area contributed by atoms with E-state index in [0.717, 1.165) is 4.90 Å². The van der Waals surface area contributed by atoms with Crippen LogP contribution in [-0.2, 0) is 4.79 Å². The molecule has 4 aromatic rings. The first-order valence-electron chi connectivity index (χ1n) is 12.0. The van der Waals surface area contributed by atoms with Gasteiger partial charge < -0.3 is 15.4 Å². The zero-order valence-corrected chi connectivity index (χ0v) is 22.6. The predicted molar refractivity (Wildman–Crippen MR) is 156 cm³/mol. The molecule has 0 aliphatic rings. The van der Waals surface area contributed by atoms with Gasteiger partial charge in [-0.2, -0.15) is 0 Å². The Labute approximate surface area is 236 Å². The van der Waals surface area contributed by atoms with Crippen molar-refractivity contribution in [1.29, 1.82) is 0 Å². The number of para-hydroxylation sites is 1. The molecule has 4 rings (SSSR count). The molecular formula is C31H25ClN2O4S. The average Bonchev–Trinajstić information content (AvgIpc) is 2.96. The van der Waals surface area contributed by atoms with Crippen LogP contribution in [0.15, 0.2) is 114 Å². The van der Waals surface area contributed by atoms with Crippen LogP contribution < -0.4 is 15.4 Å². The molecule has 0 saturated heterocycles. The number of nitrogens with one attached hydrogen (secondary N) is 2. The number of benzene rings is 4. The Morgan fingerprint density at radius 1 is 0.872 bits per heavy atom. The summed E-state index contributed by atoms with van der Waals surface area (Å²) in [6.45, 7) is 0. The van der Waals surface area contributed by atoms with Crippen molar-refractivity contribution in [3.8, 4) is 5.75 Å². The van der Waals surface area contributed by atoms with Crippen LogP contribution in [0.4, 0.5) is 5.69 Å². The minimum atomic E-state index is -0.494. The van der Waals surface area contributed by atoms with Crippen molar-refractivity contribution >= 4 is 52.7 Å². The van der Waals surface area contributed by atoms with Gasteiger partial charge in [-0.05, 0) is 72.3 Å². The molecule has 0 aliphatic carbocycles. The Kier molecular flexibility index (Phi) is 9.56. The summed E-state index contributed by atoms with van der Waals surface area (Å²) < 4.78 is 5.28. The molecule has 2 N–H and O–H groups in total. The molecule has 8 heteroatoms. The van der Waals surface area contributed by atoms with E-state index < -0.39 is 11.8 Å². The van der Waals surface area contributed by atoms with Gasteiger partial charge in [-0.3, -0.25) is 14.4 Å². The van der Waals surface area contributed by atoms with E-state index in [4.69, 9.17) is 16.3 Å². The molecule has 0 aliphatic heterocycles. The highest BCUT2D eigenvalue weighted by atomic mass is 35.5. The second-order valence-corrected chi connectivity index (χ2v) is 9.81. The first-order chi connectivity index (χ1) is 18.9. The van der Waals surface area contributed by atoms with Gasteiger partial charge in [0.25, 0.3) is 11.8 Å². The lowest BCUT2D eigenvalue weighted by atomic mass is 10.1. The first-order valence-corrected chi connectivity index (χ1v) is 13.3.